The molecule has 0 bridgehead atoms. The van der Waals surface area contributed by atoms with Gasteiger partial charge in [0.05, 0.1) is 13.2 Å². The molecule has 0 spiro atoms. The van der Waals surface area contributed by atoms with Gasteiger partial charge in [-0.2, -0.15) is 0 Å². The average molecular weight is 226 g/mol. The summed E-state index contributed by atoms with van der Waals surface area (Å²) in [7, 11) is 1.66. The summed E-state index contributed by atoms with van der Waals surface area (Å²) in [5.41, 5.74) is 0.972. The van der Waals surface area contributed by atoms with E-state index in [4.69, 9.17) is 21.7 Å². The predicted octanol–water partition coefficient (Wildman–Crippen LogP) is 1.79. The van der Waals surface area contributed by atoms with Crippen molar-refractivity contribution in [3.8, 4) is 0 Å². The van der Waals surface area contributed by atoms with E-state index in [9.17, 15) is 0 Å². The van der Waals surface area contributed by atoms with Gasteiger partial charge in [-0.3, -0.25) is 0 Å². The lowest BCUT2D eigenvalue weighted by atomic mass is 10.1. The first-order chi connectivity index (χ1) is 7.29. The summed E-state index contributed by atoms with van der Waals surface area (Å²) in [4.78, 5) is 7.57. The molecule has 0 aromatic carbocycles. The molecule has 1 unspecified atom stereocenters. The Morgan fingerprint density at radius 3 is 3.27 bits per heavy atom. The second kappa shape index (κ2) is 4.83. The van der Waals surface area contributed by atoms with Gasteiger partial charge in [-0.25, -0.2) is 4.98 Å². The molecule has 1 aliphatic rings. The Hall–Kier alpha value is -0.780. The van der Waals surface area contributed by atoms with Crippen LogP contribution in [0.3, 0.4) is 0 Å². The van der Waals surface area contributed by atoms with Crippen LogP contribution in [0.1, 0.15) is 23.9 Å². The third-order valence-corrected chi connectivity index (χ3v) is 2.64. The average Bonchev–Trinajstić information content (AvgIpc) is 2.70. The Morgan fingerprint density at radius 1 is 1.73 bits per heavy atom. The molecular formula is C10H14N2O2S. The van der Waals surface area contributed by atoms with Crippen molar-refractivity contribution in [2.75, 3.05) is 20.3 Å². The predicted molar refractivity (Wildman–Crippen MR) is 58.3 cm³/mol. The van der Waals surface area contributed by atoms with Crippen LogP contribution < -0.4 is 0 Å². The normalized spacial score (nSPS) is 20.7. The molecule has 82 valence electrons. The van der Waals surface area contributed by atoms with Crippen LogP contribution in [0, 0.1) is 4.64 Å². The van der Waals surface area contributed by atoms with E-state index >= 15 is 0 Å². The van der Waals surface area contributed by atoms with E-state index in [1.54, 1.807) is 7.11 Å². The zero-order valence-electron chi connectivity index (χ0n) is 8.66. The number of aromatic amines is 1. The van der Waals surface area contributed by atoms with Crippen LogP contribution in [0.2, 0.25) is 0 Å². The third-order valence-electron chi connectivity index (χ3n) is 2.43. The molecule has 1 aromatic rings. The summed E-state index contributed by atoms with van der Waals surface area (Å²) >= 11 is 5.11. The Kier molecular flexibility index (Phi) is 3.45. The fraction of sp³-hybridized carbons (Fsp3) is 0.600. The first kappa shape index (κ1) is 10.7. The maximum atomic E-state index is 5.33. The quantitative estimate of drug-likeness (QED) is 0.798. The van der Waals surface area contributed by atoms with Crippen LogP contribution in [0.5, 0.6) is 0 Å². The molecule has 1 atom stereocenters. The maximum absolute atomic E-state index is 5.33. The van der Waals surface area contributed by atoms with Crippen LogP contribution in [0.15, 0.2) is 6.07 Å². The van der Waals surface area contributed by atoms with Crippen LogP contribution >= 0.6 is 12.2 Å². The van der Waals surface area contributed by atoms with Crippen molar-refractivity contribution in [1.82, 2.24) is 9.97 Å². The van der Waals surface area contributed by atoms with E-state index in [2.05, 4.69) is 9.97 Å². The minimum Gasteiger partial charge on any atom is -0.381 e. The smallest absolute Gasteiger partial charge is 0.130 e. The van der Waals surface area contributed by atoms with E-state index < -0.39 is 0 Å². The van der Waals surface area contributed by atoms with Gasteiger partial charge in [0.15, 0.2) is 0 Å². The van der Waals surface area contributed by atoms with Gasteiger partial charge < -0.3 is 14.5 Å². The number of nitrogens with zero attached hydrogens (tertiary/aromatic N) is 1. The van der Waals surface area contributed by atoms with Gasteiger partial charge in [0.1, 0.15) is 10.5 Å². The molecule has 15 heavy (non-hydrogen) atoms. The molecule has 1 aromatic heterocycles. The molecule has 0 radical (unpaired) electrons. The lowest BCUT2D eigenvalue weighted by molar-refractivity contribution is 0.180. The minimum atomic E-state index is 0.350. The van der Waals surface area contributed by atoms with Crippen LogP contribution in [-0.2, 0) is 16.1 Å². The molecule has 2 rings (SSSR count). The number of methoxy groups -OCH3 is 1. The van der Waals surface area contributed by atoms with Crippen molar-refractivity contribution in [1.29, 1.82) is 0 Å². The fourth-order valence-corrected chi connectivity index (χ4v) is 1.95. The number of hydrogen-bond donors (Lipinski definition) is 1. The second-order valence-corrected chi connectivity index (χ2v) is 4.04. The number of rotatable bonds is 3. The summed E-state index contributed by atoms with van der Waals surface area (Å²) in [5.74, 6) is 1.27. The summed E-state index contributed by atoms with van der Waals surface area (Å²) in [6.45, 7) is 2.07. The number of nitrogens with one attached hydrogen (secondary N) is 1. The molecule has 0 saturated carbocycles. The molecule has 4 nitrogen and oxygen atoms in total. The summed E-state index contributed by atoms with van der Waals surface area (Å²) in [5, 5.41) is 0. The van der Waals surface area contributed by atoms with Gasteiger partial charge in [-0.05, 0) is 12.5 Å². The minimum absolute atomic E-state index is 0.350. The lowest BCUT2D eigenvalue weighted by Gasteiger charge is -2.09. The molecule has 1 N–H and O–H groups in total. The first-order valence-corrected chi connectivity index (χ1v) is 5.37. The van der Waals surface area contributed by atoms with E-state index in [0.29, 0.717) is 17.2 Å². The molecule has 2 heterocycles. The standard InChI is InChI=1S/C10H14N2O2S/c1-13-6-8-4-9(15)12-10(11-8)7-2-3-14-5-7/h4,7H,2-3,5-6H2,1H3,(H,11,12,15). The van der Waals surface area contributed by atoms with Crippen LogP contribution in [0.25, 0.3) is 0 Å². The van der Waals surface area contributed by atoms with E-state index in [0.717, 1.165) is 31.2 Å². The Balaban J connectivity index is 2.26. The van der Waals surface area contributed by atoms with Gasteiger partial charge in [0, 0.05) is 25.3 Å². The van der Waals surface area contributed by atoms with Crippen molar-refractivity contribution in [3.05, 3.63) is 22.2 Å². The van der Waals surface area contributed by atoms with Gasteiger partial charge in [0.25, 0.3) is 0 Å². The second-order valence-electron chi connectivity index (χ2n) is 3.62. The van der Waals surface area contributed by atoms with Crippen molar-refractivity contribution in [3.63, 3.8) is 0 Å². The van der Waals surface area contributed by atoms with E-state index in [-0.39, 0.29) is 0 Å². The number of hydrogen-bond acceptors (Lipinski definition) is 4. The zero-order valence-corrected chi connectivity index (χ0v) is 9.47. The zero-order chi connectivity index (χ0) is 10.7. The number of ether oxygens (including phenoxy) is 2. The highest BCUT2D eigenvalue weighted by Crippen LogP contribution is 2.22. The first-order valence-electron chi connectivity index (χ1n) is 4.96. The van der Waals surface area contributed by atoms with Crippen molar-refractivity contribution in [2.45, 2.75) is 18.9 Å². The van der Waals surface area contributed by atoms with E-state index in [1.807, 2.05) is 6.07 Å². The topological polar surface area (TPSA) is 47.1 Å². The summed E-state index contributed by atoms with van der Waals surface area (Å²) in [6, 6.07) is 1.83. The van der Waals surface area contributed by atoms with Gasteiger partial charge >= 0.3 is 0 Å². The Bertz CT molecular complexity index is 385. The van der Waals surface area contributed by atoms with Crippen molar-refractivity contribution in [2.24, 2.45) is 0 Å². The Labute approximate surface area is 93.6 Å². The molecule has 1 fully saturated rings. The SMILES string of the molecule is COCc1cc(=S)nc(C2CCOC2)[nH]1. The van der Waals surface area contributed by atoms with Gasteiger partial charge in [-0.1, -0.05) is 12.2 Å². The third kappa shape index (κ3) is 2.62. The number of H-pyrrole nitrogens is 1. The molecule has 5 heteroatoms. The van der Waals surface area contributed by atoms with Crippen molar-refractivity contribution >= 4 is 12.2 Å². The largest absolute Gasteiger partial charge is 0.381 e. The van der Waals surface area contributed by atoms with Gasteiger partial charge in [0.2, 0.25) is 0 Å². The maximum Gasteiger partial charge on any atom is 0.130 e. The lowest BCUT2D eigenvalue weighted by Crippen LogP contribution is -2.07. The van der Waals surface area contributed by atoms with E-state index in [1.165, 1.54) is 0 Å². The highest BCUT2D eigenvalue weighted by Gasteiger charge is 2.19. The highest BCUT2D eigenvalue weighted by molar-refractivity contribution is 7.71. The monoisotopic (exact) mass is 226 g/mol. The molecule has 1 saturated heterocycles. The molecule has 0 amide bonds. The summed E-state index contributed by atoms with van der Waals surface area (Å²) in [6.07, 6.45) is 1.01. The molecular weight excluding hydrogens is 212 g/mol. The molecule has 1 aliphatic heterocycles. The Morgan fingerprint density at radius 2 is 2.60 bits per heavy atom. The summed E-state index contributed by atoms with van der Waals surface area (Å²) < 4.78 is 11.0. The fourth-order valence-electron chi connectivity index (χ4n) is 1.71. The number of aromatic nitrogens is 2. The highest BCUT2D eigenvalue weighted by atomic mass is 32.1. The van der Waals surface area contributed by atoms with Gasteiger partial charge in [-0.15, -0.1) is 0 Å². The van der Waals surface area contributed by atoms with Crippen molar-refractivity contribution < 1.29 is 9.47 Å². The molecule has 0 aliphatic carbocycles. The van der Waals surface area contributed by atoms with Crippen LogP contribution in [0.4, 0.5) is 0 Å². The van der Waals surface area contributed by atoms with Crippen LogP contribution in [-0.4, -0.2) is 30.3 Å².